The van der Waals surface area contributed by atoms with Crippen molar-refractivity contribution < 1.29 is 9.84 Å². The van der Waals surface area contributed by atoms with Crippen LogP contribution in [-0.4, -0.2) is 65.2 Å². The molecule has 6 nitrogen and oxygen atoms in total. The fourth-order valence-corrected chi connectivity index (χ4v) is 2.34. The minimum Gasteiger partial charge on any atom is -0.394 e. The van der Waals surface area contributed by atoms with Crippen molar-refractivity contribution in [3.63, 3.8) is 0 Å². The van der Waals surface area contributed by atoms with Crippen molar-refractivity contribution in [2.75, 3.05) is 33.4 Å². The quantitative estimate of drug-likeness (QED) is 0.759. The number of ether oxygens (including phenoxy) is 1. The Hall–Kier alpha value is -1.08. The third-order valence-corrected chi connectivity index (χ3v) is 3.82. The summed E-state index contributed by atoms with van der Waals surface area (Å²) in [5.41, 5.74) is 0.530. The van der Waals surface area contributed by atoms with Gasteiger partial charge < -0.3 is 15.2 Å². The molecule has 0 saturated carbocycles. The Morgan fingerprint density at radius 1 is 1.63 bits per heavy atom. The van der Waals surface area contributed by atoms with Crippen LogP contribution in [0.1, 0.15) is 12.6 Å². The van der Waals surface area contributed by atoms with Crippen molar-refractivity contribution in [1.82, 2.24) is 20.4 Å². The Morgan fingerprint density at radius 2 is 2.47 bits per heavy atom. The lowest BCUT2D eigenvalue weighted by molar-refractivity contribution is -0.106. The van der Waals surface area contributed by atoms with Crippen molar-refractivity contribution in [3.8, 4) is 0 Å². The second-order valence-corrected chi connectivity index (χ2v) is 5.18. The molecule has 1 aliphatic rings. The summed E-state index contributed by atoms with van der Waals surface area (Å²) in [4.78, 5) is 2.19. The van der Waals surface area contributed by atoms with E-state index in [9.17, 15) is 5.11 Å². The third-order valence-electron chi connectivity index (χ3n) is 3.82. The van der Waals surface area contributed by atoms with E-state index >= 15 is 0 Å². The number of aromatic nitrogens is 2. The van der Waals surface area contributed by atoms with Gasteiger partial charge in [0.1, 0.15) is 0 Å². The van der Waals surface area contributed by atoms with Gasteiger partial charge in [0.05, 0.1) is 31.1 Å². The zero-order valence-electron chi connectivity index (χ0n) is 11.5. The van der Waals surface area contributed by atoms with Crippen LogP contribution in [0.4, 0.5) is 0 Å². The molecule has 0 aromatic carbocycles. The molecule has 1 saturated heterocycles. The SMILES string of the molecule is C[C@@H]1COC[C@@](CO)(CNCc2cccnn2)N1C. The van der Waals surface area contributed by atoms with Crippen LogP contribution in [-0.2, 0) is 11.3 Å². The molecule has 1 fully saturated rings. The average Bonchev–Trinajstić information content (AvgIpc) is 2.45. The van der Waals surface area contributed by atoms with E-state index in [4.69, 9.17) is 4.74 Å². The van der Waals surface area contributed by atoms with Crippen LogP contribution >= 0.6 is 0 Å². The number of nitrogens with zero attached hydrogens (tertiary/aromatic N) is 3. The van der Waals surface area contributed by atoms with Gasteiger partial charge in [0.15, 0.2) is 0 Å². The molecular formula is C13H22N4O2. The van der Waals surface area contributed by atoms with Gasteiger partial charge in [-0.05, 0) is 26.1 Å². The molecular weight excluding hydrogens is 244 g/mol. The fraction of sp³-hybridized carbons (Fsp3) is 0.692. The monoisotopic (exact) mass is 266 g/mol. The van der Waals surface area contributed by atoms with Gasteiger partial charge >= 0.3 is 0 Å². The number of nitrogens with one attached hydrogen (secondary N) is 1. The molecule has 2 atom stereocenters. The van der Waals surface area contributed by atoms with Gasteiger partial charge in [-0.2, -0.15) is 10.2 Å². The van der Waals surface area contributed by atoms with Gasteiger partial charge in [0.25, 0.3) is 0 Å². The van der Waals surface area contributed by atoms with Crippen LogP contribution in [0.5, 0.6) is 0 Å². The summed E-state index contributed by atoms with van der Waals surface area (Å²) < 4.78 is 5.59. The maximum Gasteiger partial charge on any atom is 0.0802 e. The first-order valence-corrected chi connectivity index (χ1v) is 6.57. The van der Waals surface area contributed by atoms with E-state index in [-0.39, 0.29) is 12.1 Å². The minimum atomic E-state index is -0.361. The first-order chi connectivity index (χ1) is 9.18. The fourth-order valence-electron chi connectivity index (χ4n) is 2.34. The van der Waals surface area contributed by atoms with Gasteiger partial charge in [-0.15, -0.1) is 0 Å². The lowest BCUT2D eigenvalue weighted by Gasteiger charge is -2.47. The van der Waals surface area contributed by atoms with Crippen LogP contribution in [0, 0.1) is 0 Å². The lowest BCUT2D eigenvalue weighted by Crippen LogP contribution is -2.65. The maximum absolute atomic E-state index is 9.74. The predicted molar refractivity (Wildman–Crippen MR) is 71.6 cm³/mol. The van der Waals surface area contributed by atoms with Crippen molar-refractivity contribution >= 4 is 0 Å². The van der Waals surface area contributed by atoms with Crippen molar-refractivity contribution in [3.05, 3.63) is 24.0 Å². The van der Waals surface area contributed by atoms with Crippen molar-refractivity contribution in [2.45, 2.75) is 25.0 Å². The minimum absolute atomic E-state index is 0.0707. The first kappa shape index (κ1) is 14.3. The van der Waals surface area contributed by atoms with E-state index < -0.39 is 0 Å². The topological polar surface area (TPSA) is 70.5 Å². The number of morpholine rings is 1. The first-order valence-electron chi connectivity index (χ1n) is 6.57. The second kappa shape index (κ2) is 6.38. The van der Waals surface area contributed by atoms with Gasteiger partial charge in [-0.3, -0.25) is 4.90 Å². The molecule has 2 heterocycles. The number of likely N-dealkylation sites (N-methyl/N-ethyl adjacent to an activating group) is 1. The third kappa shape index (κ3) is 3.27. The Balaban J connectivity index is 1.91. The molecule has 0 amide bonds. The van der Waals surface area contributed by atoms with Crippen LogP contribution in [0.2, 0.25) is 0 Å². The van der Waals surface area contributed by atoms with Gasteiger partial charge in [0, 0.05) is 25.3 Å². The highest BCUT2D eigenvalue weighted by Gasteiger charge is 2.39. The summed E-state index contributed by atoms with van der Waals surface area (Å²) in [7, 11) is 2.04. The molecule has 1 aliphatic heterocycles. The standard InChI is InChI=1S/C13H22N4O2/c1-11-7-19-10-13(9-18,17(11)2)8-14-6-12-4-3-5-15-16-12/h3-5,11,14,18H,6-10H2,1-2H3/t11-,13+/m1/s1. The summed E-state index contributed by atoms with van der Waals surface area (Å²) in [6.45, 7) is 4.71. The van der Waals surface area contributed by atoms with Crippen molar-refractivity contribution in [2.24, 2.45) is 0 Å². The zero-order valence-corrected chi connectivity index (χ0v) is 11.5. The largest absolute Gasteiger partial charge is 0.394 e. The highest BCUT2D eigenvalue weighted by molar-refractivity contribution is 5.00. The van der Waals surface area contributed by atoms with E-state index in [1.807, 2.05) is 19.2 Å². The molecule has 0 unspecified atom stereocenters. The van der Waals surface area contributed by atoms with Gasteiger partial charge in [-0.25, -0.2) is 0 Å². The Bertz CT molecular complexity index is 389. The molecule has 106 valence electrons. The second-order valence-electron chi connectivity index (χ2n) is 5.18. The lowest BCUT2D eigenvalue weighted by atomic mass is 9.96. The summed E-state index contributed by atoms with van der Waals surface area (Å²) in [6.07, 6.45) is 1.66. The molecule has 19 heavy (non-hydrogen) atoms. The molecule has 0 bridgehead atoms. The molecule has 1 aromatic heterocycles. The highest BCUT2D eigenvalue weighted by Crippen LogP contribution is 2.21. The molecule has 2 rings (SSSR count). The Morgan fingerprint density at radius 3 is 3.16 bits per heavy atom. The Labute approximate surface area is 113 Å². The average molecular weight is 266 g/mol. The smallest absolute Gasteiger partial charge is 0.0802 e. The molecule has 2 N–H and O–H groups in total. The summed E-state index contributed by atoms with van der Waals surface area (Å²) in [6, 6.07) is 4.10. The van der Waals surface area contributed by atoms with Crippen LogP contribution < -0.4 is 5.32 Å². The Kier molecular flexibility index (Phi) is 4.81. The number of hydrogen-bond acceptors (Lipinski definition) is 6. The normalized spacial score (nSPS) is 28.5. The number of aliphatic hydroxyl groups excluding tert-OH is 1. The van der Waals surface area contributed by atoms with Gasteiger partial charge in [-0.1, -0.05) is 0 Å². The number of aliphatic hydroxyl groups is 1. The predicted octanol–water partition coefficient (Wildman–Crippen LogP) is -0.352. The summed E-state index contributed by atoms with van der Waals surface area (Å²) in [5, 5.41) is 20.9. The van der Waals surface area contributed by atoms with Crippen LogP contribution in [0.25, 0.3) is 0 Å². The summed E-state index contributed by atoms with van der Waals surface area (Å²) in [5.74, 6) is 0. The van der Waals surface area contributed by atoms with E-state index in [1.165, 1.54) is 0 Å². The van der Waals surface area contributed by atoms with Crippen molar-refractivity contribution in [1.29, 1.82) is 0 Å². The molecule has 0 aliphatic carbocycles. The molecule has 0 radical (unpaired) electrons. The van der Waals surface area contributed by atoms with E-state index in [2.05, 4.69) is 27.3 Å². The molecule has 0 spiro atoms. The number of hydrogen-bond donors (Lipinski definition) is 2. The van der Waals surface area contributed by atoms with Crippen LogP contribution in [0.15, 0.2) is 18.3 Å². The van der Waals surface area contributed by atoms with E-state index in [1.54, 1.807) is 6.20 Å². The van der Waals surface area contributed by atoms with E-state index in [0.29, 0.717) is 32.3 Å². The number of rotatable bonds is 5. The summed E-state index contributed by atoms with van der Waals surface area (Å²) >= 11 is 0. The molecule has 1 aromatic rings. The van der Waals surface area contributed by atoms with E-state index in [0.717, 1.165) is 5.69 Å². The van der Waals surface area contributed by atoms with Gasteiger partial charge in [0.2, 0.25) is 0 Å². The highest BCUT2D eigenvalue weighted by atomic mass is 16.5. The van der Waals surface area contributed by atoms with Crippen LogP contribution in [0.3, 0.4) is 0 Å². The zero-order chi connectivity index (χ0) is 13.7. The molecule has 6 heteroatoms. The maximum atomic E-state index is 9.74.